The summed E-state index contributed by atoms with van der Waals surface area (Å²) in [6.07, 6.45) is 0. The van der Waals surface area contributed by atoms with Gasteiger partial charge in [-0.05, 0) is 54.6 Å². The van der Waals surface area contributed by atoms with Gasteiger partial charge in [0, 0.05) is 58.9 Å². The van der Waals surface area contributed by atoms with Gasteiger partial charge in [-0.25, -0.2) is 19.9 Å². The highest BCUT2D eigenvalue weighted by Crippen LogP contribution is 2.44. The Morgan fingerprint density at radius 3 is 2.04 bits per heavy atom. The Labute approximate surface area is 307 Å². The fraction of sp³-hybridized carbons (Fsp3) is 0. The van der Waals surface area contributed by atoms with Crippen LogP contribution in [0, 0.1) is 0 Å². The van der Waals surface area contributed by atoms with Crippen molar-refractivity contribution in [2.24, 2.45) is 0 Å². The average molecular weight is 698 g/mol. The van der Waals surface area contributed by atoms with E-state index in [4.69, 9.17) is 24.4 Å². The van der Waals surface area contributed by atoms with E-state index in [1.807, 2.05) is 66.7 Å². The summed E-state index contributed by atoms with van der Waals surface area (Å²) in [6.45, 7) is 0. The van der Waals surface area contributed by atoms with Crippen LogP contribution in [0.25, 0.3) is 104 Å². The smallest absolute Gasteiger partial charge is 0.164 e. The molecule has 0 aliphatic carbocycles. The van der Waals surface area contributed by atoms with Crippen LogP contribution in [-0.4, -0.2) is 24.5 Å². The second kappa shape index (κ2) is 11.8. The maximum absolute atomic E-state index is 6.27. The molecule has 248 valence electrons. The standard InChI is InChI=1S/C46H27N5OS/c1-3-13-28(14-4-1)43-48-44(29-25-26-32-31-17-7-10-23-38(31)52-39(32)27-29)50-45(49-43)34-19-12-24-40-41(34)33-18-11-20-35(42(33)53-40)46-47-36-21-8-9-22-37(36)51(46)30-15-5-2-6-16-30/h1-27H. The Kier molecular flexibility index (Phi) is 6.62. The van der Waals surface area contributed by atoms with Crippen LogP contribution in [0.5, 0.6) is 0 Å². The highest BCUT2D eigenvalue weighted by molar-refractivity contribution is 7.26. The Morgan fingerprint density at radius 1 is 0.472 bits per heavy atom. The molecular weight excluding hydrogens is 671 g/mol. The molecule has 7 aromatic carbocycles. The molecule has 0 saturated carbocycles. The fourth-order valence-corrected chi connectivity index (χ4v) is 8.70. The summed E-state index contributed by atoms with van der Waals surface area (Å²) >= 11 is 1.77. The lowest BCUT2D eigenvalue weighted by Gasteiger charge is -2.11. The lowest BCUT2D eigenvalue weighted by molar-refractivity contribution is 0.669. The highest BCUT2D eigenvalue weighted by atomic mass is 32.1. The predicted octanol–water partition coefficient (Wildman–Crippen LogP) is 12.1. The third-order valence-corrected chi connectivity index (χ3v) is 11.1. The van der Waals surface area contributed by atoms with Gasteiger partial charge in [0.15, 0.2) is 17.5 Å². The molecule has 53 heavy (non-hydrogen) atoms. The van der Waals surface area contributed by atoms with Crippen molar-refractivity contribution >= 4 is 64.5 Å². The van der Waals surface area contributed by atoms with E-state index in [2.05, 4.69) is 102 Å². The van der Waals surface area contributed by atoms with Crippen LogP contribution in [0.15, 0.2) is 168 Å². The molecule has 0 bridgehead atoms. The Hall–Kier alpha value is -6.96. The summed E-state index contributed by atoms with van der Waals surface area (Å²) < 4.78 is 10.8. The summed E-state index contributed by atoms with van der Waals surface area (Å²) in [5, 5.41) is 4.40. The van der Waals surface area contributed by atoms with E-state index in [9.17, 15) is 0 Å². The molecule has 0 amide bonds. The van der Waals surface area contributed by atoms with Gasteiger partial charge in [-0.2, -0.15) is 0 Å². The number of aromatic nitrogens is 5. The number of nitrogens with zero attached hydrogens (tertiary/aromatic N) is 5. The van der Waals surface area contributed by atoms with Crippen molar-refractivity contribution in [2.75, 3.05) is 0 Å². The lowest BCUT2D eigenvalue weighted by atomic mass is 10.0. The van der Waals surface area contributed by atoms with Crippen LogP contribution in [-0.2, 0) is 0 Å². The number of rotatable bonds is 5. The maximum Gasteiger partial charge on any atom is 0.164 e. The summed E-state index contributed by atoms with van der Waals surface area (Å²) in [6, 6.07) is 56.1. The molecule has 4 aromatic heterocycles. The van der Waals surface area contributed by atoms with E-state index in [-0.39, 0.29) is 0 Å². The summed E-state index contributed by atoms with van der Waals surface area (Å²) in [7, 11) is 0. The van der Waals surface area contributed by atoms with Crippen LogP contribution < -0.4 is 0 Å². The normalized spacial score (nSPS) is 11.8. The summed E-state index contributed by atoms with van der Waals surface area (Å²) in [4.78, 5) is 20.6. The second-order valence-corrected chi connectivity index (χ2v) is 14.1. The number of benzene rings is 7. The van der Waals surface area contributed by atoms with Crippen molar-refractivity contribution in [3.05, 3.63) is 164 Å². The van der Waals surface area contributed by atoms with Gasteiger partial charge >= 0.3 is 0 Å². The maximum atomic E-state index is 6.27. The Morgan fingerprint density at radius 2 is 1.15 bits per heavy atom. The first-order valence-electron chi connectivity index (χ1n) is 17.5. The van der Waals surface area contributed by atoms with Crippen LogP contribution in [0.4, 0.5) is 0 Å². The molecule has 0 atom stereocenters. The molecule has 11 rings (SSSR count). The first-order chi connectivity index (χ1) is 26.3. The van der Waals surface area contributed by atoms with Crippen molar-refractivity contribution in [2.45, 2.75) is 0 Å². The Bertz CT molecular complexity index is 3180. The molecule has 0 spiro atoms. The minimum absolute atomic E-state index is 0.588. The number of hydrogen-bond donors (Lipinski definition) is 0. The van der Waals surface area contributed by atoms with Crippen molar-refractivity contribution in [3.8, 4) is 51.2 Å². The molecule has 0 N–H and O–H groups in total. The Balaban J connectivity index is 1.13. The first-order valence-corrected chi connectivity index (χ1v) is 18.3. The van der Waals surface area contributed by atoms with E-state index >= 15 is 0 Å². The number of furan rings is 1. The zero-order valence-electron chi connectivity index (χ0n) is 28.1. The van der Waals surface area contributed by atoms with Gasteiger partial charge in [0.25, 0.3) is 0 Å². The average Bonchev–Trinajstić information content (AvgIpc) is 3.92. The molecule has 0 radical (unpaired) electrons. The molecule has 0 aliphatic heterocycles. The fourth-order valence-electron chi connectivity index (χ4n) is 7.46. The van der Waals surface area contributed by atoms with Crippen LogP contribution >= 0.6 is 11.3 Å². The van der Waals surface area contributed by atoms with Crippen LogP contribution in [0.2, 0.25) is 0 Å². The number of para-hydroxylation sites is 4. The molecule has 0 fully saturated rings. The summed E-state index contributed by atoms with van der Waals surface area (Å²) in [5.74, 6) is 2.73. The number of hydrogen-bond acceptors (Lipinski definition) is 6. The van der Waals surface area contributed by atoms with E-state index in [0.29, 0.717) is 17.5 Å². The van der Waals surface area contributed by atoms with E-state index < -0.39 is 0 Å². The monoisotopic (exact) mass is 697 g/mol. The van der Waals surface area contributed by atoms with Gasteiger partial charge in [0.2, 0.25) is 0 Å². The number of imidazole rings is 1. The quantitative estimate of drug-likeness (QED) is 0.179. The first kappa shape index (κ1) is 29.7. The van der Waals surface area contributed by atoms with Gasteiger partial charge in [-0.3, -0.25) is 4.57 Å². The van der Waals surface area contributed by atoms with Gasteiger partial charge in [-0.15, -0.1) is 11.3 Å². The van der Waals surface area contributed by atoms with Crippen molar-refractivity contribution in [1.82, 2.24) is 24.5 Å². The zero-order chi connectivity index (χ0) is 34.9. The third kappa shape index (κ3) is 4.79. The van der Waals surface area contributed by atoms with Gasteiger partial charge < -0.3 is 4.42 Å². The number of fused-ring (bicyclic) bond motifs is 7. The van der Waals surface area contributed by atoms with Crippen molar-refractivity contribution in [1.29, 1.82) is 0 Å². The number of thiophene rings is 1. The van der Waals surface area contributed by atoms with Crippen LogP contribution in [0.3, 0.4) is 0 Å². The zero-order valence-corrected chi connectivity index (χ0v) is 29.0. The van der Waals surface area contributed by atoms with E-state index in [1.54, 1.807) is 11.3 Å². The molecule has 0 saturated heterocycles. The lowest BCUT2D eigenvalue weighted by Crippen LogP contribution is -2.00. The van der Waals surface area contributed by atoms with Gasteiger partial charge in [0.05, 0.1) is 11.0 Å². The predicted molar refractivity (Wildman–Crippen MR) is 216 cm³/mol. The summed E-state index contributed by atoms with van der Waals surface area (Å²) in [5.41, 5.74) is 8.57. The SMILES string of the molecule is c1ccc(-c2nc(-c3ccc4c(c3)oc3ccccc34)nc(-c3cccc4sc5c(-c6nc7ccccc7n6-c6ccccc6)cccc5c34)n2)cc1. The largest absolute Gasteiger partial charge is 0.456 e. The molecule has 0 aliphatic rings. The third-order valence-electron chi connectivity index (χ3n) is 9.88. The minimum Gasteiger partial charge on any atom is -0.456 e. The van der Waals surface area contributed by atoms with Gasteiger partial charge in [0.1, 0.15) is 17.0 Å². The van der Waals surface area contributed by atoms with Crippen molar-refractivity contribution < 1.29 is 4.42 Å². The van der Waals surface area contributed by atoms with Crippen molar-refractivity contribution in [3.63, 3.8) is 0 Å². The molecule has 11 aromatic rings. The van der Waals surface area contributed by atoms with Gasteiger partial charge in [-0.1, -0.05) is 109 Å². The van der Waals surface area contributed by atoms with Crippen LogP contribution in [0.1, 0.15) is 0 Å². The minimum atomic E-state index is 0.588. The highest BCUT2D eigenvalue weighted by Gasteiger charge is 2.22. The molecular formula is C46H27N5OS. The molecule has 4 heterocycles. The second-order valence-electron chi connectivity index (χ2n) is 13.0. The topological polar surface area (TPSA) is 69.6 Å². The van der Waals surface area contributed by atoms with E-state index in [1.165, 1.54) is 0 Å². The molecule has 7 heteroatoms. The molecule has 6 nitrogen and oxygen atoms in total. The van der Waals surface area contributed by atoms with E-state index in [0.717, 1.165) is 86.9 Å². The molecule has 0 unspecified atom stereocenters.